The molecule has 14 heavy (non-hydrogen) atoms. The first-order valence-corrected chi connectivity index (χ1v) is 3.89. The van der Waals surface area contributed by atoms with Crippen LogP contribution in [-0.4, -0.2) is 30.2 Å². The van der Waals surface area contributed by atoms with Gasteiger partial charge < -0.3 is 20.5 Å². The van der Waals surface area contributed by atoms with Crippen LogP contribution in [-0.2, 0) is 0 Å². The van der Waals surface area contributed by atoms with Crippen LogP contribution in [0.2, 0.25) is 0 Å². The molecule has 4 N–H and O–H groups in total. The minimum atomic E-state index is -1.65. The van der Waals surface area contributed by atoms with Crippen molar-refractivity contribution in [3.05, 3.63) is 23.8 Å². The van der Waals surface area contributed by atoms with Crippen molar-refractivity contribution in [1.29, 1.82) is 0 Å². The van der Waals surface area contributed by atoms with Crippen LogP contribution in [0.15, 0.2) is 18.2 Å². The SMILES string of the molecule is COc1cc(B(O)O)cc(C(N)=O)c1. The van der Waals surface area contributed by atoms with E-state index in [1.165, 1.54) is 25.3 Å². The van der Waals surface area contributed by atoms with Crippen LogP contribution in [0, 0.1) is 0 Å². The highest BCUT2D eigenvalue weighted by atomic mass is 16.5. The first kappa shape index (κ1) is 10.6. The fourth-order valence-electron chi connectivity index (χ4n) is 1.03. The van der Waals surface area contributed by atoms with Crippen molar-refractivity contribution < 1.29 is 19.6 Å². The van der Waals surface area contributed by atoms with Crippen molar-refractivity contribution in [3.8, 4) is 5.75 Å². The molecule has 0 aromatic heterocycles. The first-order valence-electron chi connectivity index (χ1n) is 3.89. The number of nitrogens with two attached hydrogens (primary N) is 1. The normalized spacial score (nSPS) is 9.64. The number of ether oxygens (including phenoxy) is 1. The van der Waals surface area contributed by atoms with E-state index in [9.17, 15) is 4.79 Å². The van der Waals surface area contributed by atoms with Crippen LogP contribution in [0.3, 0.4) is 0 Å². The zero-order chi connectivity index (χ0) is 10.7. The maximum atomic E-state index is 10.8. The summed E-state index contributed by atoms with van der Waals surface area (Å²) in [6.07, 6.45) is 0. The van der Waals surface area contributed by atoms with Crippen LogP contribution in [0.5, 0.6) is 5.75 Å². The van der Waals surface area contributed by atoms with Crippen LogP contribution in [0.4, 0.5) is 0 Å². The quantitative estimate of drug-likeness (QED) is 0.510. The largest absolute Gasteiger partial charge is 0.497 e. The van der Waals surface area contributed by atoms with Crippen molar-refractivity contribution in [1.82, 2.24) is 0 Å². The smallest absolute Gasteiger partial charge is 0.488 e. The number of benzene rings is 1. The monoisotopic (exact) mass is 195 g/mol. The Morgan fingerprint density at radius 1 is 1.43 bits per heavy atom. The molecule has 0 aliphatic heterocycles. The van der Waals surface area contributed by atoms with Crippen LogP contribution >= 0.6 is 0 Å². The van der Waals surface area contributed by atoms with E-state index in [0.29, 0.717) is 5.75 Å². The highest BCUT2D eigenvalue weighted by Gasteiger charge is 2.14. The van der Waals surface area contributed by atoms with E-state index in [1.807, 2.05) is 0 Å². The summed E-state index contributed by atoms with van der Waals surface area (Å²) in [4.78, 5) is 10.8. The summed E-state index contributed by atoms with van der Waals surface area (Å²) in [5, 5.41) is 17.8. The second-order valence-electron chi connectivity index (χ2n) is 2.73. The van der Waals surface area contributed by atoms with E-state index in [4.69, 9.17) is 20.5 Å². The molecule has 0 atom stereocenters. The third-order valence-corrected chi connectivity index (χ3v) is 1.75. The van der Waals surface area contributed by atoms with Crippen LogP contribution in [0.1, 0.15) is 10.4 Å². The van der Waals surface area contributed by atoms with Gasteiger partial charge in [0, 0.05) is 5.56 Å². The van der Waals surface area contributed by atoms with Crippen LogP contribution < -0.4 is 15.9 Å². The van der Waals surface area contributed by atoms with Gasteiger partial charge in [0.05, 0.1) is 7.11 Å². The molecule has 1 amide bonds. The van der Waals surface area contributed by atoms with Crippen molar-refractivity contribution in [2.24, 2.45) is 5.73 Å². The standard InChI is InChI=1S/C8H10BNO4/c1-14-7-3-5(8(10)11)2-6(4-7)9(12)13/h2-4,12-13H,1H3,(H2,10,11). The Morgan fingerprint density at radius 3 is 2.50 bits per heavy atom. The molecule has 6 heteroatoms. The number of carbonyl (C=O) groups excluding carboxylic acids is 1. The van der Waals surface area contributed by atoms with Gasteiger partial charge in [0.15, 0.2) is 0 Å². The van der Waals surface area contributed by atoms with Gasteiger partial charge >= 0.3 is 7.12 Å². The van der Waals surface area contributed by atoms with Crippen molar-refractivity contribution in [3.63, 3.8) is 0 Å². The zero-order valence-electron chi connectivity index (χ0n) is 7.60. The van der Waals surface area contributed by atoms with E-state index in [-0.39, 0.29) is 11.0 Å². The molecule has 0 heterocycles. The van der Waals surface area contributed by atoms with Gasteiger partial charge in [-0.3, -0.25) is 4.79 Å². The van der Waals surface area contributed by atoms with Gasteiger partial charge in [-0.25, -0.2) is 0 Å². The number of methoxy groups -OCH3 is 1. The van der Waals surface area contributed by atoms with E-state index >= 15 is 0 Å². The Labute approximate surface area is 81.3 Å². The number of hydrogen-bond acceptors (Lipinski definition) is 4. The Bertz CT molecular complexity index is 353. The topological polar surface area (TPSA) is 92.8 Å². The Hall–Kier alpha value is -1.53. The molecule has 74 valence electrons. The highest BCUT2D eigenvalue weighted by Crippen LogP contribution is 2.10. The average Bonchev–Trinajstić information content (AvgIpc) is 2.16. The van der Waals surface area contributed by atoms with Crippen molar-refractivity contribution in [2.75, 3.05) is 7.11 Å². The summed E-state index contributed by atoms with van der Waals surface area (Å²) in [6, 6.07) is 4.14. The Morgan fingerprint density at radius 2 is 2.07 bits per heavy atom. The number of primary amides is 1. The summed E-state index contributed by atoms with van der Waals surface area (Å²) < 4.78 is 4.87. The number of hydrogen-bond donors (Lipinski definition) is 3. The van der Waals surface area contributed by atoms with E-state index in [0.717, 1.165) is 0 Å². The summed E-state index contributed by atoms with van der Waals surface area (Å²) >= 11 is 0. The zero-order valence-corrected chi connectivity index (χ0v) is 7.60. The molecular weight excluding hydrogens is 185 g/mol. The molecule has 0 aliphatic carbocycles. The maximum absolute atomic E-state index is 10.8. The van der Waals surface area contributed by atoms with Gasteiger partial charge in [-0.05, 0) is 23.7 Å². The van der Waals surface area contributed by atoms with Gasteiger partial charge in [-0.15, -0.1) is 0 Å². The molecule has 0 bridgehead atoms. The van der Waals surface area contributed by atoms with Gasteiger partial charge in [-0.2, -0.15) is 0 Å². The number of carbonyl (C=O) groups is 1. The molecule has 1 rings (SSSR count). The van der Waals surface area contributed by atoms with Crippen LogP contribution in [0.25, 0.3) is 0 Å². The molecule has 0 unspecified atom stereocenters. The second-order valence-corrected chi connectivity index (χ2v) is 2.73. The molecule has 1 aromatic rings. The molecule has 1 aromatic carbocycles. The fraction of sp³-hybridized carbons (Fsp3) is 0.125. The molecule has 0 saturated carbocycles. The molecule has 0 saturated heterocycles. The minimum absolute atomic E-state index is 0.165. The van der Waals surface area contributed by atoms with E-state index < -0.39 is 13.0 Å². The molecule has 0 fully saturated rings. The number of amides is 1. The lowest BCUT2D eigenvalue weighted by Gasteiger charge is -2.06. The second kappa shape index (κ2) is 4.12. The summed E-state index contributed by atoms with van der Waals surface area (Å²) in [7, 11) is -0.239. The molecule has 5 nitrogen and oxygen atoms in total. The van der Waals surface area contributed by atoms with Gasteiger partial charge in [0.1, 0.15) is 5.75 Å². The van der Waals surface area contributed by atoms with Gasteiger partial charge in [-0.1, -0.05) is 0 Å². The van der Waals surface area contributed by atoms with E-state index in [1.54, 1.807) is 0 Å². The van der Waals surface area contributed by atoms with Crippen molar-refractivity contribution in [2.45, 2.75) is 0 Å². The maximum Gasteiger partial charge on any atom is 0.488 e. The average molecular weight is 195 g/mol. The molecule has 0 radical (unpaired) electrons. The number of rotatable bonds is 3. The molecule has 0 spiro atoms. The third-order valence-electron chi connectivity index (χ3n) is 1.75. The Kier molecular flexibility index (Phi) is 3.11. The summed E-state index contributed by atoms with van der Waals surface area (Å²) in [5.41, 5.74) is 5.39. The lowest BCUT2D eigenvalue weighted by atomic mass is 9.79. The lowest BCUT2D eigenvalue weighted by molar-refractivity contribution is 0.1000. The minimum Gasteiger partial charge on any atom is -0.497 e. The summed E-state index contributed by atoms with van der Waals surface area (Å²) in [6.45, 7) is 0. The summed E-state index contributed by atoms with van der Waals surface area (Å²) in [5.74, 6) is -0.296. The Balaban J connectivity index is 3.20. The highest BCUT2D eigenvalue weighted by molar-refractivity contribution is 6.58. The van der Waals surface area contributed by atoms with E-state index in [2.05, 4.69) is 0 Å². The third kappa shape index (κ3) is 2.24. The fourth-order valence-corrected chi connectivity index (χ4v) is 1.03. The lowest BCUT2D eigenvalue weighted by Crippen LogP contribution is -2.31. The predicted molar refractivity (Wildman–Crippen MR) is 51.3 cm³/mol. The molecular formula is C8H10BNO4. The molecule has 0 aliphatic rings. The van der Waals surface area contributed by atoms with Gasteiger partial charge in [0.25, 0.3) is 0 Å². The van der Waals surface area contributed by atoms with Crippen molar-refractivity contribution >= 4 is 18.5 Å². The predicted octanol–water partition coefficient (Wildman–Crippen LogP) is -1.53. The van der Waals surface area contributed by atoms with Gasteiger partial charge in [0.2, 0.25) is 5.91 Å². The first-order chi connectivity index (χ1) is 6.54.